The molecule has 0 saturated heterocycles. The number of nitrogens with one attached hydrogen (secondary N) is 1. The van der Waals surface area contributed by atoms with Gasteiger partial charge in [0.15, 0.2) is 0 Å². The molecule has 17 heavy (non-hydrogen) atoms. The number of hydrogen-bond donors (Lipinski definition) is 1. The van der Waals surface area contributed by atoms with E-state index in [0.29, 0.717) is 0 Å². The first kappa shape index (κ1) is 14.3. The highest BCUT2D eigenvalue weighted by Gasteiger charge is 2.11. The smallest absolute Gasteiger partial charge is 0.0522 e. The van der Waals surface area contributed by atoms with Gasteiger partial charge in [0.25, 0.3) is 0 Å². The zero-order chi connectivity index (χ0) is 12.3. The lowest BCUT2D eigenvalue weighted by atomic mass is 9.90. The Labute approximate surface area is 106 Å². The summed E-state index contributed by atoms with van der Waals surface area (Å²) >= 11 is 0. The van der Waals surface area contributed by atoms with Gasteiger partial charge in [-0.1, -0.05) is 58.8 Å². The second kappa shape index (κ2) is 9.26. The van der Waals surface area contributed by atoms with Crippen LogP contribution in [0.15, 0.2) is 12.4 Å². The van der Waals surface area contributed by atoms with E-state index >= 15 is 0 Å². The fourth-order valence-electron chi connectivity index (χ4n) is 2.42. The van der Waals surface area contributed by atoms with E-state index in [9.17, 15) is 0 Å². The van der Waals surface area contributed by atoms with E-state index in [1.165, 1.54) is 63.4 Å². The maximum atomic E-state index is 4.09. The van der Waals surface area contributed by atoms with Gasteiger partial charge in [0.2, 0.25) is 0 Å². The molecule has 0 spiro atoms. The Bertz CT molecular complexity index is 254. The van der Waals surface area contributed by atoms with Crippen molar-refractivity contribution in [1.29, 1.82) is 0 Å². The highest BCUT2D eigenvalue weighted by atomic mass is 15.1. The molecule has 0 aliphatic rings. The molecule has 0 fully saturated rings. The molecule has 1 heterocycles. The van der Waals surface area contributed by atoms with Crippen molar-refractivity contribution in [3.63, 3.8) is 0 Å². The van der Waals surface area contributed by atoms with Crippen LogP contribution in [0.3, 0.4) is 0 Å². The van der Waals surface area contributed by atoms with Crippen molar-refractivity contribution in [2.24, 2.45) is 0 Å². The van der Waals surface area contributed by atoms with Gasteiger partial charge in [-0.3, -0.25) is 5.10 Å². The van der Waals surface area contributed by atoms with Crippen molar-refractivity contribution >= 4 is 0 Å². The summed E-state index contributed by atoms with van der Waals surface area (Å²) in [6.07, 6.45) is 16.3. The number of H-pyrrole nitrogens is 1. The third-order valence-electron chi connectivity index (χ3n) is 3.55. The number of unbranched alkanes of at least 4 members (excludes halogenated alkanes) is 5. The van der Waals surface area contributed by atoms with Crippen LogP contribution in [-0.4, -0.2) is 10.2 Å². The lowest BCUT2D eigenvalue weighted by molar-refractivity contribution is 0.501. The summed E-state index contributed by atoms with van der Waals surface area (Å²) in [5, 5.41) is 7.04. The SMILES string of the molecule is CCCCCCC(CCCCC)c1cn[nH]c1. The third kappa shape index (κ3) is 5.90. The Hall–Kier alpha value is -0.790. The van der Waals surface area contributed by atoms with Gasteiger partial charge in [-0.25, -0.2) is 0 Å². The molecule has 1 atom stereocenters. The molecule has 2 heteroatoms. The van der Waals surface area contributed by atoms with Gasteiger partial charge in [0.1, 0.15) is 0 Å². The normalized spacial score (nSPS) is 12.8. The Kier molecular flexibility index (Phi) is 7.78. The zero-order valence-electron chi connectivity index (χ0n) is 11.5. The van der Waals surface area contributed by atoms with Crippen molar-refractivity contribution in [2.45, 2.75) is 77.6 Å². The van der Waals surface area contributed by atoms with Gasteiger partial charge in [0, 0.05) is 6.20 Å². The average Bonchev–Trinajstić information content (AvgIpc) is 2.86. The molecule has 0 aromatic carbocycles. The molecule has 1 rings (SSSR count). The Morgan fingerprint density at radius 2 is 1.65 bits per heavy atom. The van der Waals surface area contributed by atoms with Crippen molar-refractivity contribution in [3.05, 3.63) is 18.0 Å². The van der Waals surface area contributed by atoms with Gasteiger partial charge in [-0.2, -0.15) is 5.10 Å². The van der Waals surface area contributed by atoms with Gasteiger partial charge in [-0.15, -0.1) is 0 Å². The van der Waals surface area contributed by atoms with E-state index in [4.69, 9.17) is 0 Å². The van der Waals surface area contributed by atoms with Crippen LogP contribution in [0.5, 0.6) is 0 Å². The van der Waals surface area contributed by atoms with Crippen molar-refractivity contribution < 1.29 is 0 Å². The Balaban J connectivity index is 2.31. The number of nitrogens with zero attached hydrogens (tertiary/aromatic N) is 1. The first-order chi connectivity index (χ1) is 8.38. The minimum atomic E-state index is 0.733. The summed E-state index contributed by atoms with van der Waals surface area (Å²) in [6, 6.07) is 0. The molecule has 98 valence electrons. The second-order valence-corrected chi connectivity index (χ2v) is 5.07. The summed E-state index contributed by atoms with van der Waals surface area (Å²) in [4.78, 5) is 0. The van der Waals surface area contributed by atoms with Crippen LogP contribution in [0, 0.1) is 0 Å². The highest BCUT2D eigenvalue weighted by molar-refractivity contribution is 5.09. The molecule has 1 aromatic heterocycles. The van der Waals surface area contributed by atoms with Crippen LogP contribution < -0.4 is 0 Å². The predicted molar refractivity (Wildman–Crippen MR) is 74.2 cm³/mol. The number of aromatic amines is 1. The second-order valence-electron chi connectivity index (χ2n) is 5.07. The van der Waals surface area contributed by atoms with E-state index in [-0.39, 0.29) is 0 Å². The largest absolute Gasteiger partial charge is 0.285 e. The average molecular weight is 236 g/mol. The summed E-state index contributed by atoms with van der Waals surface area (Å²) in [6.45, 7) is 4.54. The lowest BCUT2D eigenvalue weighted by Crippen LogP contribution is -1.98. The molecule has 0 amide bonds. The first-order valence-corrected chi connectivity index (χ1v) is 7.37. The first-order valence-electron chi connectivity index (χ1n) is 7.37. The fourth-order valence-corrected chi connectivity index (χ4v) is 2.42. The Morgan fingerprint density at radius 1 is 1.00 bits per heavy atom. The molecule has 0 bridgehead atoms. The van der Waals surface area contributed by atoms with Crippen LogP contribution in [0.25, 0.3) is 0 Å². The minimum absolute atomic E-state index is 0.733. The molecular formula is C15H28N2. The molecule has 0 radical (unpaired) electrons. The number of aromatic nitrogens is 2. The monoisotopic (exact) mass is 236 g/mol. The van der Waals surface area contributed by atoms with Crippen molar-refractivity contribution in [3.8, 4) is 0 Å². The van der Waals surface area contributed by atoms with Crippen molar-refractivity contribution in [1.82, 2.24) is 10.2 Å². The minimum Gasteiger partial charge on any atom is -0.285 e. The maximum absolute atomic E-state index is 4.09. The van der Waals surface area contributed by atoms with Gasteiger partial charge in [0.05, 0.1) is 6.20 Å². The maximum Gasteiger partial charge on any atom is 0.0522 e. The summed E-state index contributed by atoms with van der Waals surface area (Å²) < 4.78 is 0. The molecule has 1 unspecified atom stereocenters. The van der Waals surface area contributed by atoms with E-state index in [0.717, 1.165) is 5.92 Å². The number of rotatable bonds is 10. The van der Waals surface area contributed by atoms with Crippen LogP contribution in [0.2, 0.25) is 0 Å². The predicted octanol–water partition coefficient (Wildman–Crippen LogP) is 5.04. The topological polar surface area (TPSA) is 28.7 Å². The molecular weight excluding hydrogens is 208 g/mol. The van der Waals surface area contributed by atoms with E-state index in [2.05, 4.69) is 30.2 Å². The highest BCUT2D eigenvalue weighted by Crippen LogP contribution is 2.27. The number of hydrogen-bond acceptors (Lipinski definition) is 1. The van der Waals surface area contributed by atoms with Crippen LogP contribution in [0.1, 0.15) is 83.1 Å². The molecule has 0 saturated carbocycles. The summed E-state index contributed by atoms with van der Waals surface area (Å²) in [5.41, 5.74) is 1.41. The van der Waals surface area contributed by atoms with Crippen LogP contribution >= 0.6 is 0 Å². The van der Waals surface area contributed by atoms with Gasteiger partial charge in [-0.05, 0) is 24.3 Å². The zero-order valence-corrected chi connectivity index (χ0v) is 11.5. The summed E-state index contributed by atoms with van der Waals surface area (Å²) in [7, 11) is 0. The van der Waals surface area contributed by atoms with Crippen molar-refractivity contribution in [2.75, 3.05) is 0 Å². The van der Waals surface area contributed by atoms with Gasteiger partial charge < -0.3 is 0 Å². The lowest BCUT2D eigenvalue weighted by Gasteiger charge is -2.14. The molecule has 2 nitrogen and oxygen atoms in total. The molecule has 0 aliphatic carbocycles. The molecule has 0 aliphatic heterocycles. The van der Waals surface area contributed by atoms with Crippen LogP contribution in [-0.2, 0) is 0 Å². The summed E-state index contributed by atoms with van der Waals surface area (Å²) in [5.74, 6) is 0.733. The standard InChI is InChI=1S/C15H28N2/c1-3-5-7-9-11-14(10-8-6-4-2)15-12-16-17-13-15/h12-14H,3-11H2,1-2H3,(H,16,17). The van der Waals surface area contributed by atoms with Gasteiger partial charge >= 0.3 is 0 Å². The third-order valence-corrected chi connectivity index (χ3v) is 3.55. The van der Waals surface area contributed by atoms with E-state index in [1.54, 1.807) is 0 Å². The van der Waals surface area contributed by atoms with Crippen LogP contribution in [0.4, 0.5) is 0 Å². The van der Waals surface area contributed by atoms with E-state index < -0.39 is 0 Å². The molecule has 1 aromatic rings. The Morgan fingerprint density at radius 3 is 2.24 bits per heavy atom. The molecule has 1 N–H and O–H groups in total. The van der Waals surface area contributed by atoms with E-state index in [1.807, 2.05) is 6.20 Å². The fraction of sp³-hybridized carbons (Fsp3) is 0.800. The quantitative estimate of drug-likeness (QED) is 0.566.